The van der Waals surface area contributed by atoms with Crippen LogP contribution in [0.1, 0.15) is 27.2 Å². The maximum Gasteiger partial charge on any atom is 0.181 e. The van der Waals surface area contributed by atoms with Crippen molar-refractivity contribution in [1.29, 1.82) is 0 Å². The number of hydrogen-bond acceptors (Lipinski definition) is 1. The number of rotatable bonds is 4. The Bertz CT molecular complexity index is 323. The number of anilines is 1. The predicted molar refractivity (Wildman–Crippen MR) is 58.9 cm³/mol. The Morgan fingerprint density at radius 3 is 2.47 bits per heavy atom. The van der Waals surface area contributed by atoms with Crippen molar-refractivity contribution >= 4 is 5.69 Å². The lowest BCUT2D eigenvalue weighted by Crippen LogP contribution is -2.25. The first-order chi connectivity index (χ1) is 7.06. The number of nitrogens with one attached hydrogen (secondary N) is 1. The molecule has 0 aliphatic rings. The molecule has 0 aromatic heterocycles. The number of hydrogen-bond donors (Lipinski definition) is 1. The van der Waals surface area contributed by atoms with E-state index in [1.165, 1.54) is 6.07 Å². The quantitative estimate of drug-likeness (QED) is 0.801. The minimum absolute atomic E-state index is 0.168. The van der Waals surface area contributed by atoms with Gasteiger partial charge in [0, 0.05) is 6.04 Å². The third-order valence-corrected chi connectivity index (χ3v) is 2.54. The van der Waals surface area contributed by atoms with E-state index in [1.54, 1.807) is 6.07 Å². The summed E-state index contributed by atoms with van der Waals surface area (Å²) in [5, 5.41) is 3.02. The van der Waals surface area contributed by atoms with Crippen molar-refractivity contribution in [2.24, 2.45) is 5.92 Å². The average molecular weight is 213 g/mol. The highest BCUT2D eigenvalue weighted by Crippen LogP contribution is 2.20. The van der Waals surface area contributed by atoms with Gasteiger partial charge in [0.25, 0.3) is 0 Å². The fourth-order valence-corrected chi connectivity index (χ4v) is 1.56. The van der Waals surface area contributed by atoms with Crippen LogP contribution in [0, 0.1) is 17.6 Å². The van der Waals surface area contributed by atoms with Crippen LogP contribution < -0.4 is 5.32 Å². The maximum atomic E-state index is 13.3. The molecule has 0 saturated carbocycles. The Kier molecular flexibility index (Phi) is 4.06. The van der Waals surface area contributed by atoms with Gasteiger partial charge in [0.05, 0.1) is 5.69 Å². The average Bonchev–Trinajstić information content (AvgIpc) is 2.19. The summed E-state index contributed by atoms with van der Waals surface area (Å²) < 4.78 is 26.2. The zero-order valence-corrected chi connectivity index (χ0v) is 9.35. The molecule has 0 saturated heterocycles. The Balaban J connectivity index is 2.84. The molecule has 0 aliphatic heterocycles. The lowest BCUT2D eigenvalue weighted by atomic mass is 10.0. The van der Waals surface area contributed by atoms with E-state index in [0.29, 0.717) is 5.92 Å². The molecule has 0 amide bonds. The van der Waals surface area contributed by atoms with E-state index in [0.717, 1.165) is 12.5 Å². The van der Waals surface area contributed by atoms with Crippen LogP contribution in [0.2, 0.25) is 0 Å². The zero-order valence-electron chi connectivity index (χ0n) is 9.35. The van der Waals surface area contributed by atoms with Gasteiger partial charge in [0.1, 0.15) is 0 Å². The number of halogens is 2. The molecule has 84 valence electrons. The van der Waals surface area contributed by atoms with E-state index in [2.05, 4.69) is 19.2 Å². The summed E-state index contributed by atoms with van der Waals surface area (Å²) in [6, 6.07) is 4.36. The van der Waals surface area contributed by atoms with Crippen molar-refractivity contribution in [2.45, 2.75) is 33.2 Å². The molecular formula is C12H17F2N. The van der Waals surface area contributed by atoms with Gasteiger partial charge in [-0.15, -0.1) is 0 Å². The Labute approximate surface area is 89.5 Å². The zero-order chi connectivity index (χ0) is 11.4. The van der Waals surface area contributed by atoms with Crippen molar-refractivity contribution in [3.8, 4) is 0 Å². The van der Waals surface area contributed by atoms with Crippen molar-refractivity contribution in [3.05, 3.63) is 29.8 Å². The molecular weight excluding hydrogens is 196 g/mol. The third-order valence-electron chi connectivity index (χ3n) is 2.54. The van der Waals surface area contributed by atoms with Gasteiger partial charge in [-0.25, -0.2) is 8.78 Å². The molecule has 1 aromatic carbocycles. The van der Waals surface area contributed by atoms with Gasteiger partial charge >= 0.3 is 0 Å². The fraction of sp³-hybridized carbons (Fsp3) is 0.500. The second-order valence-electron chi connectivity index (χ2n) is 4.00. The highest BCUT2D eigenvalue weighted by atomic mass is 19.2. The van der Waals surface area contributed by atoms with Crippen molar-refractivity contribution in [2.75, 3.05) is 5.32 Å². The van der Waals surface area contributed by atoms with Gasteiger partial charge in [0.2, 0.25) is 0 Å². The molecule has 1 atom stereocenters. The maximum absolute atomic E-state index is 13.3. The monoisotopic (exact) mass is 213 g/mol. The lowest BCUT2D eigenvalue weighted by Gasteiger charge is -2.22. The highest BCUT2D eigenvalue weighted by molar-refractivity contribution is 5.45. The molecule has 0 spiro atoms. The summed E-state index contributed by atoms with van der Waals surface area (Å²) in [4.78, 5) is 0. The van der Waals surface area contributed by atoms with Crippen molar-refractivity contribution < 1.29 is 8.78 Å². The van der Waals surface area contributed by atoms with E-state index >= 15 is 0 Å². The largest absolute Gasteiger partial charge is 0.380 e. The summed E-state index contributed by atoms with van der Waals surface area (Å²) >= 11 is 0. The Morgan fingerprint density at radius 1 is 1.27 bits per heavy atom. The van der Waals surface area contributed by atoms with Crippen LogP contribution in [-0.2, 0) is 0 Å². The molecule has 0 aliphatic carbocycles. The molecule has 0 radical (unpaired) electrons. The Hall–Kier alpha value is -1.12. The van der Waals surface area contributed by atoms with Gasteiger partial charge in [-0.2, -0.15) is 0 Å². The first kappa shape index (κ1) is 12.0. The molecule has 0 heterocycles. The van der Waals surface area contributed by atoms with Gasteiger partial charge in [-0.05, 0) is 24.5 Å². The van der Waals surface area contributed by atoms with Crippen LogP contribution in [0.5, 0.6) is 0 Å². The van der Waals surface area contributed by atoms with Crippen LogP contribution in [0.3, 0.4) is 0 Å². The van der Waals surface area contributed by atoms with Crippen LogP contribution in [-0.4, -0.2) is 6.04 Å². The molecule has 3 heteroatoms. The normalized spacial score (nSPS) is 12.9. The fourth-order valence-electron chi connectivity index (χ4n) is 1.56. The second-order valence-corrected chi connectivity index (χ2v) is 4.00. The minimum atomic E-state index is -0.807. The van der Waals surface area contributed by atoms with Crippen LogP contribution in [0.15, 0.2) is 18.2 Å². The Morgan fingerprint density at radius 2 is 1.93 bits per heavy atom. The summed E-state index contributed by atoms with van der Waals surface area (Å²) in [7, 11) is 0. The van der Waals surface area contributed by atoms with Gasteiger partial charge in [-0.3, -0.25) is 0 Å². The number of benzene rings is 1. The molecule has 1 aromatic rings. The molecule has 0 bridgehead atoms. The first-order valence-electron chi connectivity index (χ1n) is 5.26. The summed E-state index contributed by atoms with van der Waals surface area (Å²) in [6.07, 6.45) is 0.883. The van der Waals surface area contributed by atoms with Gasteiger partial charge in [-0.1, -0.05) is 26.8 Å². The van der Waals surface area contributed by atoms with E-state index in [4.69, 9.17) is 0 Å². The molecule has 1 unspecified atom stereocenters. The smallest absolute Gasteiger partial charge is 0.181 e. The van der Waals surface area contributed by atoms with E-state index in [9.17, 15) is 8.78 Å². The molecule has 15 heavy (non-hydrogen) atoms. The van der Waals surface area contributed by atoms with Crippen LogP contribution in [0.4, 0.5) is 14.5 Å². The first-order valence-corrected chi connectivity index (χ1v) is 5.26. The molecule has 0 fully saturated rings. The predicted octanol–water partition coefficient (Wildman–Crippen LogP) is 3.81. The molecule has 1 N–H and O–H groups in total. The molecule has 1 nitrogen and oxygen atoms in total. The summed E-state index contributed by atoms with van der Waals surface area (Å²) in [6.45, 7) is 6.13. The van der Waals surface area contributed by atoms with Gasteiger partial charge in [0.15, 0.2) is 11.6 Å². The van der Waals surface area contributed by atoms with E-state index in [1.807, 2.05) is 6.92 Å². The highest BCUT2D eigenvalue weighted by Gasteiger charge is 2.14. The SMILES string of the molecule is CCC(Nc1cccc(F)c1F)C(C)C. The van der Waals surface area contributed by atoms with E-state index in [-0.39, 0.29) is 11.7 Å². The standard InChI is InChI=1S/C12H17F2N/c1-4-10(8(2)3)15-11-7-5-6-9(13)12(11)14/h5-8,10,15H,4H2,1-3H3. The van der Waals surface area contributed by atoms with Gasteiger partial charge < -0.3 is 5.32 Å². The van der Waals surface area contributed by atoms with Crippen molar-refractivity contribution in [1.82, 2.24) is 0 Å². The second kappa shape index (κ2) is 5.10. The van der Waals surface area contributed by atoms with E-state index < -0.39 is 11.6 Å². The van der Waals surface area contributed by atoms with Crippen LogP contribution in [0.25, 0.3) is 0 Å². The van der Waals surface area contributed by atoms with Crippen molar-refractivity contribution in [3.63, 3.8) is 0 Å². The summed E-state index contributed by atoms with van der Waals surface area (Å²) in [5.74, 6) is -1.21. The molecule has 1 rings (SSSR count). The minimum Gasteiger partial charge on any atom is -0.380 e. The lowest BCUT2D eigenvalue weighted by molar-refractivity contribution is 0.490. The topological polar surface area (TPSA) is 12.0 Å². The summed E-state index contributed by atoms with van der Waals surface area (Å²) in [5.41, 5.74) is 0.246. The van der Waals surface area contributed by atoms with Crippen LogP contribution >= 0.6 is 0 Å². The third kappa shape index (κ3) is 2.91.